The van der Waals surface area contributed by atoms with E-state index in [-0.39, 0.29) is 22.5 Å². The normalized spacial score (nSPS) is 18.4. The average Bonchev–Trinajstić information content (AvgIpc) is 2.46. The molecule has 1 atom stereocenters. The predicted molar refractivity (Wildman–Crippen MR) is 72.3 cm³/mol. The highest BCUT2D eigenvalue weighted by molar-refractivity contribution is 6.33. The van der Waals surface area contributed by atoms with Crippen LogP contribution in [-0.4, -0.2) is 28.8 Å². The molecule has 1 unspecified atom stereocenters. The Bertz CT molecular complexity index is 597. The van der Waals surface area contributed by atoms with Crippen LogP contribution in [0, 0.1) is 27.4 Å². The zero-order valence-electron chi connectivity index (χ0n) is 10.6. The molecule has 6 nitrogen and oxygen atoms in total. The van der Waals surface area contributed by atoms with E-state index in [0.29, 0.717) is 18.7 Å². The van der Waals surface area contributed by atoms with Crippen LogP contribution in [0.25, 0.3) is 0 Å². The fourth-order valence-electron chi connectivity index (χ4n) is 2.24. The summed E-state index contributed by atoms with van der Waals surface area (Å²) in [6.45, 7) is 0.982. The van der Waals surface area contributed by atoms with Crippen molar-refractivity contribution in [3.63, 3.8) is 0 Å². The lowest BCUT2D eigenvalue weighted by Gasteiger charge is -2.29. The van der Waals surface area contributed by atoms with Crippen molar-refractivity contribution in [2.24, 2.45) is 5.92 Å². The first-order chi connectivity index (χ1) is 9.52. The van der Waals surface area contributed by atoms with Gasteiger partial charge in [0.25, 0.3) is 11.6 Å². The van der Waals surface area contributed by atoms with Gasteiger partial charge in [0.15, 0.2) is 0 Å². The van der Waals surface area contributed by atoms with Crippen LogP contribution in [0.5, 0.6) is 0 Å². The minimum Gasteiger partial charge on any atom is -0.337 e. The molecule has 0 radical (unpaired) electrons. The van der Waals surface area contributed by atoms with Gasteiger partial charge in [0.1, 0.15) is 5.02 Å². The number of hydrogen-bond donors (Lipinski definition) is 0. The highest BCUT2D eigenvalue weighted by Gasteiger charge is 2.25. The Morgan fingerprint density at radius 3 is 2.90 bits per heavy atom. The van der Waals surface area contributed by atoms with Crippen LogP contribution in [0.2, 0.25) is 5.02 Å². The zero-order chi connectivity index (χ0) is 14.7. The topological polar surface area (TPSA) is 87.2 Å². The lowest BCUT2D eigenvalue weighted by atomic mass is 9.99. The van der Waals surface area contributed by atoms with E-state index in [2.05, 4.69) is 6.07 Å². The van der Waals surface area contributed by atoms with Crippen molar-refractivity contribution >= 4 is 23.2 Å². The summed E-state index contributed by atoms with van der Waals surface area (Å²) in [5, 5.41) is 19.5. The number of nitro groups is 1. The van der Waals surface area contributed by atoms with Crippen molar-refractivity contribution < 1.29 is 9.72 Å². The number of piperidine rings is 1. The van der Waals surface area contributed by atoms with Gasteiger partial charge in [0.2, 0.25) is 0 Å². The maximum Gasteiger partial charge on any atom is 0.287 e. The summed E-state index contributed by atoms with van der Waals surface area (Å²) in [4.78, 5) is 24.0. The third-order valence-corrected chi connectivity index (χ3v) is 3.59. The summed E-state index contributed by atoms with van der Waals surface area (Å²) in [6.07, 6.45) is 1.58. The first kappa shape index (κ1) is 14.3. The Labute approximate surface area is 120 Å². The Morgan fingerprint density at radius 1 is 1.55 bits per heavy atom. The van der Waals surface area contributed by atoms with Crippen LogP contribution in [0.15, 0.2) is 18.2 Å². The Kier molecular flexibility index (Phi) is 4.20. The largest absolute Gasteiger partial charge is 0.337 e. The summed E-state index contributed by atoms with van der Waals surface area (Å²) >= 11 is 5.80. The lowest BCUT2D eigenvalue weighted by molar-refractivity contribution is -0.384. The standard InChI is InChI=1S/C13H12ClN3O3/c14-11-6-10(3-4-12(11)17(19)20)13(18)16-5-1-2-9(7-15)8-16/h3-4,6,9H,1-2,5,8H2. The number of nitrogens with zero attached hydrogens (tertiary/aromatic N) is 3. The second-order valence-corrected chi connectivity index (χ2v) is 5.05. The van der Waals surface area contributed by atoms with Gasteiger partial charge in [-0.2, -0.15) is 5.26 Å². The number of hydrogen-bond acceptors (Lipinski definition) is 4. The second-order valence-electron chi connectivity index (χ2n) is 4.64. The number of nitriles is 1. The summed E-state index contributed by atoms with van der Waals surface area (Å²) < 4.78 is 0. The highest BCUT2D eigenvalue weighted by atomic mass is 35.5. The third-order valence-electron chi connectivity index (χ3n) is 3.28. The first-order valence-corrected chi connectivity index (χ1v) is 6.53. The Morgan fingerprint density at radius 2 is 2.30 bits per heavy atom. The fourth-order valence-corrected chi connectivity index (χ4v) is 2.49. The number of halogens is 1. The molecule has 1 fully saturated rings. The maximum atomic E-state index is 12.3. The van der Waals surface area contributed by atoms with E-state index in [1.54, 1.807) is 4.90 Å². The molecule has 0 N–H and O–H groups in total. The molecule has 104 valence electrons. The van der Waals surface area contributed by atoms with Crippen molar-refractivity contribution in [3.8, 4) is 6.07 Å². The predicted octanol–water partition coefficient (Wildman–Crippen LogP) is 2.62. The molecule has 1 aliphatic rings. The van der Waals surface area contributed by atoms with Crippen molar-refractivity contribution in [1.29, 1.82) is 5.26 Å². The van der Waals surface area contributed by atoms with Crippen molar-refractivity contribution in [2.75, 3.05) is 13.1 Å². The molecular weight excluding hydrogens is 282 g/mol. The summed E-state index contributed by atoms with van der Waals surface area (Å²) in [5.74, 6) is -0.400. The van der Waals surface area contributed by atoms with Crippen molar-refractivity contribution in [3.05, 3.63) is 38.9 Å². The van der Waals surface area contributed by atoms with Gasteiger partial charge in [-0.15, -0.1) is 0 Å². The van der Waals surface area contributed by atoms with Gasteiger partial charge >= 0.3 is 0 Å². The van der Waals surface area contributed by atoms with Crippen LogP contribution in [0.3, 0.4) is 0 Å². The van der Waals surface area contributed by atoms with Gasteiger partial charge in [-0.05, 0) is 25.0 Å². The molecule has 20 heavy (non-hydrogen) atoms. The SMILES string of the molecule is N#CC1CCCN(C(=O)c2ccc([N+](=O)[O-])c(Cl)c2)C1. The Balaban J connectivity index is 2.19. The summed E-state index contributed by atoms with van der Waals surface area (Å²) in [5.41, 5.74) is 0.0796. The number of carbonyl (C=O) groups excluding carboxylic acids is 1. The zero-order valence-corrected chi connectivity index (χ0v) is 11.3. The molecule has 0 aromatic heterocycles. The van der Waals surface area contributed by atoms with E-state index in [0.717, 1.165) is 12.8 Å². The molecule has 0 spiro atoms. The monoisotopic (exact) mass is 293 g/mol. The quantitative estimate of drug-likeness (QED) is 0.619. The van der Waals surface area contributed by atoms with E-state index in [4.69, 9.17) is 16.9 Å². The van der Waals surface area contributed by atoms with Crippen molar-refractivity contribution in [2.45, 2.75) is 12.8 Å². The number of nitro benzene ring substituents is 1. The second kappa shape index (κ2) is 5.88. The number of rotatable bonds is 2. The van der Waals surface area contributed by atoms with Gasteiger partial charge in [-0.3, -0.25) is 14.9 Å². The molecule has 1 aromatic rings. The number of likely N-dealkylation sites (tertiary alicyclic amines) is 1. The van der Waals surface area contributed by atoms with Crippen LogP contribution < -0.4 is 0 Å². The molecule has 1 amide bonds. The third kappa shape index (κ3) is 2.89. The smallest absolute Gasteiger partial charge is 0.287 e. The molecule has 1 saturated heterocycles. The Hall–Kier alpha value is -2.13. The minimum absolute atomic E-state index is 0.0605. The van der Waals surface area contributed by atoms with Crippen LogP contribution in [0.4, 0.5) is 5.69 Å². The minimum atomic E-state index is -0.594. The van der Waals surface area contributed by atoms with Gasteiger partial charge in [0.05, 0.1) is 16.9 Å². The molecule has 0 saturated carbocycles. The lowest BCUT2D eigenvalue weighted by Crippen LogP contribution is -2.39. The average molecular weight is 294 g/mol. The van der Waals surface area contributed by atoms with Gasteiger partial charge in [-0.25, -0.2) is 0 Å². The van der Waals surface area contributed by atoms with E-state index < -0.39 is 4.92 Å². The van der Waals surface area contributed by atoms with Gasteiger partial charge in [0, 0.05) is 24.7 Å². The van der Waals surface area contributed by atoms with E-state index >= 15 is 0 Å². The van der Waals surface area contributed by atoms with Gasteiger partial charge in [-0.1, -0.05) is 11.6 Å². The number of benzene rings is 1. The molecule has 1 aromatic carbocycles. The summed E-state index contributed by atoms with van der Waals surface area (Å²) in [7, 11) is 0. The molecule has 2 rings (SSSR count). The van der Waals surface area contributed by atoms with E-state index in [1.807, 2.05) is 0 Å². The van der Waals surface area contributed by atoms with Crippen LogP contribution in [0.1, 0.15) is 23.2 Å². The van der Waals surface area contributed by atoms with Gasteiger partial charge < -0.3 is 4.90 Å². The van der Waals surface area contributed by atoms with E-state index in [1.165, 1.54) is 18.2 Å². The molecule has 1 heterocycles. The van der Waals surface area contributed by atoms with E-state index in [9.17, 15) is 14.9 Å². The van der Waals surface area contributed by atoms with Crippen LogP contribution in [-0.2, 0) is 0 Å². The van der Waals surface area contributed by atoms with Crippen molar-refractivity contribution in [1.82, 2.24) is 4.90 Å². The number of carbonyl (C=O) groups is 1. The molecule has 0 aliphatic carbocycles. The maximum absolute atomic E-state index is 12.3. The molecular formula is C13H12ClN3O3. The molecule has 1 aliphatic heterocycles. The van der Waals surface area contributed by atoms with Crippen LogP contribution >= 0.6 is 11.6 Å². The number of amides is 1. The first-order valence-electron chi connectivity index (χ1n) is 6.15. The summed E-state index contributed by atoms with van der Waals surface area (Å²) in [6, 6.07) is 6.08. The fraction of sp³-hybridized carbons (Fsp3) is 0.385. The highest BCUT2D eigenvalue weighted by Crippen LogP contribution is 2.26. The molecule has 0 bridgehead atoms. The molecule has 7 heteroatoms.